The fraction of sp³-hybridized carbons (Fsp3) is 0.615. The van der Waals surface area contributed by atoms with E-state index in [9.17, 15) is 4.79 Å². The van der Waals surface area contributed by atoms with Gasteiger partial charge in [-0.3, -0.25) is 4.79 Å². The van der Waals surface area contributed by atoms with Crippen LogP contribution in [-0.2, 0) is 4.79 Å². The lowest BCUT2D eigenvalue weighted by Crippen LogP contribution is -2.40. The summed E-state index contributed by atoms with van der Waals surface area (Å²) in [6.07, 6.45) is 9.38. The minimum atomic E-state index is -0.144. The maximum absolute atomic E-state index is 12.0. The van der Waals surface area contributed by atoms with E-state index >= 15 is 0 Å². The highest BCUT2D eigenvalue weighted by Gasteiger charge is 2.20. The molecule has 0 bridgehead atoms. The zero-order valence-corrected chi connectivity index (χ0v) is 11.4. The van der Waals surface area contributed by atoms with Crippen LogP contribution in [0.3, 0.4) is 0 Å². The van der Waals surface area contributed by atoms with Crippen LogP contribution in [0.1, 0.15) is 39.0 Å². The van der Waals surface area contributed by atoms with Gasteiger partial charge in [0.1, 0.15) is 0 Å². The minimum absolute atomic E-state index is 0.0966. The highest BCUT2D eigenvalue weighted by atomic mass is 32.2. The summed E-state index contributed by atoms with van der Waals surface area (Å²) in [4.78, 5) is 20.3. The topological polar surface area (TPSA) is 54.9 Å². The molecule has 0 aromatic carbocycles. The maximum atomic E-state index is 12.0. The number of thioether (sulfide) groups is 1. The monoisotopic (exact) mass is 265 g/mol. The highest BCUT2D eigenvalue weighted by molar-refractivity contribution is 8.00. The molecular weight excluding hydrogens is 246 g/mol. The second kappa shape index (κ2) is 6.73. The fourth-order valence-electron chi connectivity index (χ4n) is 2.12. The first kappa shape index (κ1) is 13.3. The van der Waals surface area contributed by atoms with Crippen LogP contribution in [0.15, 0.2) is 23.6 Å². The summed E-state index contributed by atoms with van der Waals surface area (Å²) in [5.41, 5.74) is 0. The van der Waals surface area contributed by atoms with E-state index in [1.54, 1.807) is 18.5 Å². The van der Waals surface area contributed by atoms with Gasteiger partial charge >= 0.3 is 0 Å². The summed E-state index contributed by atoms with van der Waals surface area (Å²) in [6, 6.07) is 2.14. The lowest BCUT2D eigenvalue weighted by atomic mass is 9.95. The van der Waals surface area contributed by atoms with Crippen molar-refractivity contribution in [2.24, 2.45) is 0 Å². The molecule has 1 heterocycles. The standard InChI is InChI=1S/C13H19N3OS/c1-10(18-13-14-8-5-9-15-13)12(17)16-11-6-3-2-4-7-11/h5,8-11H,2-4,6-7H2,1H3,(H,16,17). The number of hydrogen-bond acceptors (Lipinski definition) is 4. The van der Waals surface area contributed by atoms with Crippen molar-refractivity contribution in [1.82, 2.24) is 15.3 Å². The third-order valence-corrected chi connectivity index (χ3v) is 4.13. The summed E-state index contributed by atoms with van der Waals surface area (Å²) in [6.45, 7) is 1.90. The van der Waals surface area contributed by atoms with E-state index in [0.29, 0.717) is 11.2 Å². The molecule has 4 nitrogen and oxygen atoms in total. The molecule has 0 spiro atoms. The first-order chi connectivity index (χ1) is 8.75. The number of carbonyl (C=O) groups excluding carboxylic acids is 1. The van der Waals surface area contributed by atoms with E-state index in [0.717, 1.165) is 12.8 Å². The van der Waals surface area contributed by atoms with Crippen molar-refractivity contribution in [3.05, 3.63) is 18.5 Å². The van der Waals surface area contributed by atoms with E-state index in [4.69, 9.17) is 0 Å². The lowest BCUT2D eigenvalue weighted by molar-refractivity contribution is -0.121. The van der Waals surface area contributed by atoms with Crippen molar-refractivity contribution in [3.63, 3.8) is 0 Å². The van der Waals surface area contributed by atoms with Gasteiger partial charge in [0.05, 0.1) is 5.25 Å². The molecule has 0 aliphatic heterocycles. The third-order valence-electron chi connectivity index (χ3n) is 3.15. The van der Waals surface area contributed by atoms with E-state index < -0.39 is 0 Å². The number of hydrogen-bond donors (Lipinski definition) is 1. The number of aromatic nitrogens is 2. The molecule has 1 aromatic rings. The largest absolute Gasteiger partial charge is 0.352 e. The van der Waals surface area contributed by atoms with Crippen LogP contribution >= 0.6 is 11.8 Å². The molecule has 1 aliphatic carbocycles. The van der Waals surface area contributed by atoms with Gasteiger partial charge < -0.3 is 5.32 Å². The van der Waals surface area contributed by atoms with Crippen LogP contribution in [0.2, 0.25) is 0 Å². The smallest absolute Gasteiger partial charge is 0.233 e. The Balaban J connectivity index is 1.81. The number of carbonyl (C=O) groups is 1. The Bertz CT molecular complexity index is 379. The van der Waals surface area contributed by atoms with Crippen LogP contribution in [0.4, 0.5) is 0 Å². The molecule has 0 radical (unpaired) electrons. The molecule has 1 saturated carbocycles. The van der Waals surface area contributed by atoms with Crippen molar-refractivity contribution in [2.45, 2.75) is 55.5 Å². The zero-order chi connectivity index (χ0) is 12.8. The summed E-state index contributed by atoms with van der Waals surface area (Å²) < 4.78 is 0. The van der Waals surface area contributed by atoms with Gasteiger partial charge in [0.25, 0.3) is 0 Å². The minimum Gasteiger partial charge on any atom is -0.352 e. The predicted molar refractivity (Wildman–Crippen MR) is 72.4 cm³/mol. The highest BCUT2D eigenvalue weighted by Crippen LogP contribution is 2.21. The number of rotatable bonds is 4. The van der Waals surface area contributed by atoms with Gasteiger partial charge in [-0.15, -0.1) is 0 Å². The molecule has 1 fully saturated rings. The summed E-state index contributed by atoms with van der Waals surface area (Å²) in [7, 11) is 0. The molecule has 0 saturated heterocycles. The summed E-state index contributed by atoms with van der Waals surface area (Å²) in [5.74, 6) is 0.0966. The van der Waals surface area contributed by atoms with E-state index in [1.165, 1.54) is 31.0 Å². The molecule has 1 atom stereocenters. The average molecular weight is 265 g/mol. The van der Waals surface area contributed by atoms with Gasteiger partial charge in [0.15, 0.2) is 5.16 Å². The van der Waals surface area contributed by atoms with Crippen molar-refractivity contribution >= 4 is 17.7 Å². The Kier molecular flexibility index (Phi) is 4.99. The molecule has 98 valence electrons. The first-order valence-electron chi connectivity index (χ1n) is 6.50. The molecule has 18 heavy (non-hydrogen) atoms. The van der Waals surface area contributed by atoms with Crippen molar-refractivity contribution < 1.29 is 4.79 Å². The molecule has 1 unspecified atom stereocenters. The van der Waals surface area contributed by atoms with Gasteiger partial charge in [-0.05, 0) is 25.8 Å². The number of nitrogens with zero attached hydrogens (tertiary/aromatic N) is 2. The van der Waals surface area contributed by atoms with Crippen LogP contribution in [0, 0.1) is 0 Å². The predicted octanol–water partition coefficient (Wildman–Crippen LogP) is 2.41. The molecule has 1 aromatic heterocycles. The lowest BCUT2D eigenvalue weighted by Gasteiger charge is -2.24. The molecule has 1 amide bonds. The van der Waals surface area contributed by atoms with Gasteiger partial charge in [-0.2, -0.15) is 0 Å². The van der Waals surface area contributed by atoms with Crippen molar-refractivity contribution in [2.75, 3.05) is 0 Å². The number of amides is 1. The average Bonchev–Trinajstić information content (AvgIpc) is 2.41. The second-order valence-corrected chi connectivity index (χ2v) is 5.94. The molecule has 1 aliphatic rings. The Labute approximate surface area is 112 Å². The van der Waals surface area contributed by atoms with Gasteiger partial charge in [-0.25, -0.2) is 9.97 Å². The molecular formula is C13H19N3OS. The first-order valence-corrected chi connectivity index (χ1v) is 7.38. The SMILES string of the molecule is CC(Sc1ncccn1)C(=O)NC1CCCCC1. The Morgan fingerprint density at radius 3 is 2.67 bits per heavy atom. The second-order valence-electron chi connectivity index (χ2n) is 4.63. The Hall–Kier alpha value is -1.10. The maximum Gasteiger partial charge on any atom is 0.233 e. The summed E-state index contributed by atoms with van der Waals surface area (Å²) in [5, 5.41) is 3.64. The number of nitrogens with one attached hydrogen (secondary N) is 1. The van der Waals surface area contributed by atoms with Crippen LogP contribution in [-0.4, -0.2) is 27.2 Å². The third kappa shape index (κ3) is 3.98. The molecule has 5 heteroatoms. The van der Waals surface area contributed by atoms with Crippen LogP contribution in [0.25, 0.3) is 0 Å². The van der Waals surface area contributed by atoms with Gasteiger partial charge in [-0.1, -0.05) is 31.0 Å². The Morgan fingerprint density at radius 1 is 1.33 bits per heavy atom. The van der Waals surface area contributed by atoms with Crippen LogP contribution in [0.5, 0.6) is 0 Å². The quantitative estimate of drug-likeness (QED) is 0.671. The zero-order valence-electron chi connectivity index (χ0n) is 10.6. The van der Waals surface area contributed by atoms with Crippen LogP contribution < -0.4 is 5.32 Å². The van der Waals surface area contributed by atoms with Gasteiger partial charge in [0.2, 0.25) is 5.91 Å². The van der Waals surface area contributed by atoms with Crippen molar-refractivity contribution in [1.29, 1.82) is 0 Å². The normalized spacial score (nSPS) is 18.3. The molecule has 1 N–H and O–H groups in total. The molecule has 2 rings (SSSR count). The fourth-order valence-corrected chi connectivity index (χ4v) is 2.86. The van der Waals surface area contributed by atoms with E-state index in [2.05, 4.69) is 15.3 Å². The van der Waals surface area contributed by atoms with E-state index in [1.807, 2.05) is 6.92 Å². The van der Waals surface area contributed by atoms with E-state index in [-0.39, 0.29) is 11.2 Å². The Morgan fingerprint density at radius 2 is 2.00 bits per heavy atom. The van der Waals surface area contributed by atoms with Gasteiger partial charge in [0, 0.05) is 18.4 Å². The van der Waals surface area contributed by atoms with Crippen molar-refractivity contribution in [3.8, 4) is 0 Å². The summed E-state index contributed by atoms with van der Waals surface area (Å²) >= 11 is 1.41.